The molecule has 5 nitrogen and oxygen atoms in total. The minimum atomic E-state index is -4.82. The summed E-state index contributed by atoms with van der Waals surface area (Å²) in [6, 6.07) is 10.3. The van der Waals surface area contributed by atoms with Crippen molar-refractivity contribution in [3.05, 3.63) is 59.2 Å². The molecule has 168 valence electrons. The van der Waals surface area contributed by atoms with Gasteiger partial charge in [-0.15, -0.1) is 0 Å². The van der Waals surface area contributed by atoms with Crippen LogP contribution in [0, 0.1) is 17.8 Å². The lowest BCUT2D eigenvalue weighted by molar-refractivity contribution is -0.204. The highest BCUT2D eigenvalue weighted by Crippen LogP contribution is 2.50. The number of hydrogen-bond acceptors (Lipinski definition) is 3. The number of hydrogen-bond donors (Lipinski definition) is 1. The van der Waals surface area contributed by atoms with Crippen molar-refractivity contribution >= 4 is 11.7 Å². The predicted molar refractivity (Wildman–Crippen MR) is 113 cm³/mol. The molecule has 2 amide bonds. The number of nitrogens with zero attached hydrogens (tertiary/aromatic N) is 2. The van der Waals surface area contributed by atoms with Gasteiger partial charge in [0.05, 0.1) is 25.9 Å². The average molecular weight is 444 g/mol. The molecule has 0 radical (unpaired) electrons. The topological polar surface area (TPSA) is 53.0 Å². The van der Waals surface area contributed by atoms with E-state index in [0.29, 0.717) is 16.2 Å². The van der Waals surface area contributed by atoms with Gasteiger partial charge >= 0.3 is 12.2 Å². The Morgan fingerprint density at radius 3 is 2.38 bits per heavy atom. The van der Waals surface area contributed by atoms with E-state index >= 15 is 0 Å². The van der Waals surface area contributed by atoms with Crippen molar-refractivity contribution in [2.75, 3.05) is 19.1 Å². The number of methoxy groups -OCH3 is 1. The lowest BCUT2D eigenvalue weighted by Gasteiger charge is -2.47. The maximum atomic E-state index is 14.6. The number of rotatable bonds is 4. The third-order valence-corrected chi connectivity index (χ3v) is 5.89. The first kappa shape index (κ1) is 22.0. The maximum Gasteiger partial charge on any atom is 0.427 e. The molecule has 4 rings (SSSR count). The molecule has 32 heavy (non-hydrogen) atoms. The second-order valence-electron chi connectivity index (χ2n) is 8.04. The molecular weight excluding hydrogens is 421 g/mol. The Balaban J connectivity index is 1.87. The number of anilines is 1. The van der Waals surface area contributed by atoms with E-state index in [-0.39, 0.29) is 30.3 Å². The van der Waals surface area contributed by atoms with Crippen LogP contribution in [0.4, 0.5) is 23.7 Å². The third-order valence-electron chi connectivity index (χ3n) is 5.89. The van der Waals surface area contributed by atoms with Crippen LogP contribution < -0.4 is 9.64 Å². The summed E-state index contributed by atoms with van der Waals surface area (Å²) in [7, 11) is 2.67. The Kier molecular flexibility index (Phi) is 5.55. The van der Waals surface area contributed by atoms with Gasteiger partial charge in [0, 0.05) is 18.5 Å². The molecule has 1 N–H and O–H groups in total. The van der Waals surface area contributed by atoms with Crippen LogP contribution >= 0.6 is 0 Å². The Bertz CT molecular complexity index is 1080. The molecule has 1 fully saturated rings. The van der Waals surface area contributed by atoms with Gasteiger partial charge in [0.15, 0.2) is 0 Å². The summed E-state index contributed by atoms with van der Waals surface area (Å²) in [6.07, 6.45) is -3.29. The number of amides is 2. The van der Waals surface area contributed by atoms with Crippen LogP contribution in [0.5, 0.6) is 5.75 Å². The molecule has 1 saturated carbocycles. The van der Waals surface area contributed by atoms with Crippen molar-refractivity contribution in [2.24, 2.45) is 5.92 Å². The van der Waals surface area contributed by atoms with E-state index in [4.69, 9.17) is 4.74 Å². The molecule has 2 aliphatic rings. The van der Waals surface area contributed by atoms with E-state index in [1.165, 1.54) is 30.2 Å². The summed E-state index contributed by atoms with van der Waals surface area (Å²) in [4.78, 5) is 15.3. The highest BCUT2D eigenvalue weighted by Gasteiger charge is 2.63. The normalized spacial score (nSPS) is 20.5. The molecule has 0 aromatic heterocycles. The van der Waals surface area contributed by atoms with Crippen LogP contribution in [0.25, 0.3) is 0 Å². The molecule has 1 aliphatic heterocycles. The van der Waals surface area contributed by atoms with Gasteiger partial charge in [-0.2, -0.15) is 13.2 Å². The van der Waals surface area contributed by atoms with Gasteiger partial charge in [0.1, 0.15) is 5.75 Å². The van der Waals surface area contributed by atoms with Crippen molar-refractivity contribution in [1.82, 2.24) is 4.90 Å². The van der Waals surface area contributed by atoms with Gasteiger partial charge in [-0.25, -0.2) is 4.79 Å². The number of benzene rings is 2. The molecule has 1 heterocycles. The second-order valence-corrected chi connectivity index (χ2v) is 8.04. The predicted octanol–water partition coefficient (Wildman–Crippen LogP) is 4.43. The van der Waals surface area contributed by atoms with Crippen molar-refractivity contribution < 1.29 is 27.8 Å². The van der Waals surface area contributed by atoms with Gasteiger partial charge < -0.3 is 9.84 Å². The fourth-order valence-electron chi connectivity index (χ4n) is 3.88. The van der Waals surface area contributed by atoms with Crippen molar-refractivity contribution in [2.45, 2.75) is 37.7 Å². The number of urea groups is 1. The molecule has 0 unspecified atom stereocenters. The highest BCUT2D eigenvalue weighted by molar-refractivity contribution is 5.97. The summed E-state index contributed by atoms with van der Waals surface area (Å²) in [5, 5.41) is 9.59. The third kappa shape index (κ3) is 3.67. The summed E-state index contributed by atoms with van der Waals surface area (Å²) in [6.45, 7) is -0.306. The molecule has 1 atom stereocenters. The van der Waals surface area contributed by atoms with Gasteiger partial charge in [0.2, 0.25) is 5.54 Å². The number of aliphatic hydroxyl groups excluding tert-OH is 1. The Hall–Kier alpha value is -3.18. The zero-order chi connectivity index (χ0) is 23.1. The minimum Gasteiger partial charge on any atom is -0.497 e. The standard InChI is InChI=1S/C24H23F3N2O3/c1-28-22(31)29(14-17-5-8-19(32-2)9-6-17)21-13-18(15-30)7-10-20(21)23(28,24(25,26)27)12-11-16-3-4-16/h5-10,13,16,30H,3-4,14-15H2,1-2H3/t23-/m0/s1. The van der Waals surface area contributed by atoms with E-state index in [2.05, 4.69) is 11.8 Å². The summed E-state index contributed by atoms with van der Waals surface area (Å²) in [5.74, 6) is 5.72. The number of carbonyl (C=O) groups excluding carboxylic acids is 1. The molecule has 1 aliphatic carbocycles. The lowest BCUT2D eigenvalue weighted by Crippen LogP contribution is -2.62. The first-order chi connectivity index (χ1) is 15.2. The molecule has 8 heteroatoms. The van der Waals surface area contributed by atoms with Gasteiger partial charge in [-0.1, -0.05) is 36.1 Å². The summed E-state index contributed by atoms with van der Waals surface area (Å²) >= 11 is 0. The molecule has 0 saturated heterocycles. The molecule has 0 spiro atoms. The van der Waals surface area contributed by atoms with E-state index in [1.807, 2.05) is 0 Å². The minimum absolute atomic E-state index is 0.0546. The number of aliphatic hydroxyl groups is 1. The zero-order valence-corrected chi connectivity index (χ0v) is 17.7. The van der Waals surface area contributed by atoms with Crippen molar-refractivity contribution in [3.63, 3.8) is 0 Å². The first-order valence-electron chi connectivity index (χ1n) is 10.2. The van der Waals surface area contributed by atoms with Crippen LogP contribution in [-0.2, 0) is 18.7 Å². The van der Waals surface area contributed by atoms with E-state index in [0.717, 1.165) is 25.5 Å². The molecule has 0 bridgehead atoms. The van der Waals surface area contributed by atoms with Crippen LogP contribution in [0.1, 0.15) is 29.5 Å². The maximum absolute atomic E-state index is 14.6. The Morgan fingerprint density at radius 1 is 1.16 bits per heavy atom. The Morgan fingerprint density at radius 2 is 1.81 bits per heavy atom. The van der Waals surface area contributed by atoms with Crippen LogP contribution in [0.3, 0.4) is 0 Å². The van der Waals surface area contributed by atoms with Crippen molar-refractivity contribution in [3.8, 4) is 17.6 Å². The average Bonchev–Trinajstić information content (AvgIpc) is 3.60. The summed E-state index contributed by atoms with van der Waals surface area (Å²) < 4.78 is 49.0. The number of carbonyl (C=O) groups is 1. The molecule has 2 aromatic carbocycles. The largest absolute Gasteiger partial charge is 0.497 e. The van der Waals surface area contributed by atoms with Crippen molar-refractivity contribution in [1.29, 1.82) is 0 Å². The van der Waals surface area contributed by atoms with E-state index in [1.54, 1.807) is 24.3 Å². The van der Waals surface area contributed by atoms with Gasteiger partial charge in [-0.05, 0) is 42.2 Å². The Labute approximate surface area is 184 Å². The van der Waals surface area contributed by atoms with Gasteiger partial charge in [-0.3, -0.25) is 9.80 Å². The number of alkyl halides is 3. The fraction of sp³-hybridized carbons (Fsp3) is 0.375. The first-order valence-corrected chi connectivity index (χ1v) is 10.2. The van der Waals surface area contributed by atoms with Crippen LogP contribution in [-0.4, -0.2) is 36.4 Å². The monoisotopic (exact) mass is 444 g/mol. The second kappa shape index (κ2) is 8.06. The van der Waals surface area contributed by atoms with E-state index in [9.17, 15) is 23.1 Å². The van der Waals surface area contributed by atoms with E-state index < -0.39 is 17.7 Å². The molecular formula is C24H23F3N2O3. The molecule has 2 aromatic rings. The van der Waals surface area contributed by atoms with Gasteiger partial charge in [0.25, 0.3) is 0 Å². The SMILES string of the molecule is COc1ccc(CN2C(=O)N(C)[C@](C#CC3CC3)(C(F)(F)F)c3ccc(CO)cc32)cc1. The smallest absolute Gasteiger partial charge is 0.427 e. The van der Waals surface area contributed by atoms with Crippen LogP contribution in [0.2, 0.25) is 0 Å². The zero-order valence-electron chi connectivity index (χ0n) is 17.7. The summed E-state index contributed by atoms with van der Waals surface area (Å²) in [5.41, 5.74) is -1.65. The lowest BCUT2D eigenvalue weighted by atomic mass is 9.83. The fourth-order valence-corrected chi connectivity index (χ4v) is 3.88. The highest BCUT2D eigenvalue weighted by atomic mass is 19.4. The quantitative estimate of drug-likeness (QED) is 0.710. The number of ether oxygens (including phenoxy) is 1. The number of halogens is 3. The number of fused-ring (bicyclic) bond motifs is 1. The van der Waals surface area contributed by atoms with Crippen LogP contribution in [0.15, 0.2) is 42.5 Å².